The van der Waals surface area contributed by atoms with Gasteiger partial charge in [0.25, 0.3) is 39.8 Å². The topological polar surface area (TPSA) is 482 Å². The van der Waals surface area contributed by atoms with Crippen molar-refractivity contribution in [2.75, 3.05) is 0 Å². The molecule has 0 heterocycles. The lowest BCUT2D eigenvalue weighted by Gasteiger charge is -2.17. The Morgan fingerprint density at radius 2 is 0.416 bits per heavy atom. The summed E-state index contributed by atoms with van der Waals surface area (Å²) in [6.07, 6.45) is 13.7. The van der Waals surface area contributed by atoms with E-state index in [9.17, 15) is 91.2 Å². The molecule has 0 amide bonds. The summed E-state index contributed by atoms with van der Waals surface area (Å²) >= 11 is 0. The molecule has 0 saturated heterocycles. The number of aromatic hydroxyl groups is 4. The normalized spacial score (nSPS) is 14.1. The van der Waals surface area contributed by atoms with Crippen LogP contribution in [-0.4, -0.2) is 54.9 Å². The first-order chi connectivity index (χ1) is 48.4. The van der Waals surface area contributed by atoms with E-state index in [0.717, 1.165) is 138 Å². The van der Waals surface area contributed by atoms with Crippen molar-refractivity contribution in [2.24, 2.45) is 40.9 Å². The van der Waals surface area contributed by atoms with Gasteiger partial charge >= 0.3 is 0 Å². The number of phenolic OH excluding ortho intramolecular Hbond substituents is 4. The van der Waals surface area contributed by atoms with Crippen molar-refractivity contribution in [1.29, 1.82) is 0 Å². The fraction of sp³-hybridized carbons (Fsp3) is 0.294. The Labute approximate surface area is 573 Å². The van der Waals surface area contributed by atoms with Crippen LogP contribution < -0.4 is 0 Å². The molecule has 0 fully saturated rings. The maximum atomic E-state index is 12.6. The van der Waals surface area contributed by atoms with Gasteiger partial charge < -0.3 is 20.4 Å². The molecule has 0 radical (unpaired) electrons. The molecule has 520 valence electrons. The summed E-state index contributed by atoms with van der Waals surface area (Å²) in [6.45, 7) is 0. The number of phenols is 4. The van der Waals surface area contributed by atoms with E-state index in [1.54, 1.807) is 6.07 Å². The van der Waals surface area contributed by atoms with Gasteiger partial charge in [0.15, 0.2) is 0 Å². The standard InChI is InChI=1S/C68H65N15O18/c84-65-42-17-14-12-10-8-6-4-2-1-3-5-7-9-11-13-15-18-43-25-52(71-74-55-33-59(78(90)91)39-60(34-55)79(92)93)27-45(66(43)85)22-47-29-54(73-76-57-37-63(82(98)99)41-64(38-57)83(100)101)31-49(68(47)87)23-48-30-53(72-75-56-35-61(80(94)95)40-62(36-56)81(96)97)28-46(67(48)86)21-44(65)26-51(24-42)70-69-50-19-16-20-58(32-50)77(88)89/h16,19-20,24-41,84-87H,1-15,17-18,21-23H2. The number of nitro benzene ring substituents is 7. The van der Waals surface area contributed by atoms with Crippen molar-refractivity contribution < 1.29 is 54.9 Å². The summed E-state index contributed by atoms with van der Waals surface area (Å²) in [7, 11) is 0. The minimum absolute atomic E-state index is 0.00605. The van der Waals surface area contributed by atoms with Gasteiger partial charge in [0, 0.05) is 101 Å². The van der Waals surface area contributed by atoms with Crippen molar-refractivity contribution in [3.8, 4) is 23.0 Å². The second kappa shape index (κ2) is 33.9. The third-order valence-electron chi connectivity index (χ3n) is 16.6. The Hall–Kier alpha value is -12.8. The van der Waals surface area contributed by atoms with Gasteiger partial charge in [0.1, 0.15) is 23.0 Å². The minimum Gasteiger partial charge on any atom is -0.507 e. The highest BCUT2D eigenvalue weighted by Gasteiger charge is 2.24. The van der Waals surface area contributed by atoms with Gasteiger partial charge in [-0.15, -0.1) is 0 Å². The van der Waals surface area contributed by atoms with Crippen molar-refractivity contribution in [3.05, 3.63) is 243 Å². The first kappa shape index (κ1) is 72.4. The van der Waals surface area contributed by atoms with E-state index < -0.39 is 86.5 Å². The predicted octanol–water partition coefficient (Wildman–Crippen LogP) is 20.3. The number of aryl methyl sites for hydroxylation is 2. The zero-order valence-corrected chi connectivity index (χ0v) is 54.0. The summed E-state index contributed by atoms with van der Waals surface area (Å²) in [5, 5.41) is 167. The lowest BCUT2D eigenvalue weighted by Crippen LogP contribution is -1.99. The number of hydrogen-bond acceptors (Lipinski definition) is 26. The molecule has 101 heavy (non-hydrogen) atoms. The van der Waals surface area contributed by atoms with Gasteiger partial charge in [-0.05, 0) is 91.4 Å². The van der Waals surface area contributed by atoms with Crippen LogP contribution in [0.1, 0.15) is 141 Å². The number of nitro groups is 7. The SMILES string of the molecule is O=[N+]([O-])c1cccc(N=Nc2cc3c(O)c(c2)Cc2cc(N=Nc4cc([N+](=O)[O-])cc([N+](=O)[O-])c4)cc(c2O)Cc2cc(N=Nc4cc([N+](=O)[O-])cc([N+](=O)[O-])c4)cc(c2O)Cc2cc(N=Nc4cc([N+](=O)[O-])cc([N+](=O)[O-])c4)cc(c2O)CCCCCCCCCCCCCCCCC3)c1. The highest BCUT2D eigenvalue weighted by molar-refractivity contribution is 5.64. The van der Waals surface area contributed by atoms with Gasteiger partial charge in [-0.3, -0.25) is 70.8 Å². The maximum Gasteiger partial charge on any atom is 0.278 e. The molecule has 0 atom stereocenters. The molecular weight excluding hydrogens is 1310 g/mol. The molecule has 1 aliphatic carbocycles. The second-order valence-electron chi connectivity index (χ2n) is 24.0. The molecular formula is C68H65N15O18. The quantitative estimate of drug-likeness (QED) is 0.0421. The summed E-state index contributed by atoms with van der Waals surface area (Å²) in [4.78, 5) is 77.3. The average Bonchev–Trinajstić information content (AvgIpc) is 0.792. The Kier molecular flexibility index (Phi) is 24.3. The number of benzene rings is 8. The van der Waals surface area contributed by atoms with Crippen molar-refractivity contribution >= 4 is 85.3 Å². The van der Waals surface area contributed by atoms with Gasteiger partial charge in [0.2, 0.25) is 0 Å². The molecule has 0 unspecified atom stereocenters. The number of hydrogen-bond donors (Lipinski definition) is 4. The third-order valence-corrected chi connectivity index (χ3v) is 16.6. The molecule has 8 bridgehead atoms. The molecule has 0 aromatic heterocycles. The summed E-state index contributed by atoms with van der Waals surface area (Å²) in [5.74, 6) is -1.37. The predicted molar refractivity (Wildman–Crippen MR) is 367 cm³/mol. The number of fused-ring (bicyclic) bond motifs is 8. The van der Waals surface area contributed by atoms with E-state index >= 15 is 0 Å². The van der Waals surface area contributed by atoms with Crippen LogP contribution in [0.15, 0.2) is 168 Å². The van der Waals surface area contributed by atoms with Crippen LogP contribution in [0, 0.1) is 70.8 Å². The van der Waals surface area contributed by atoms with Gasteiger partial charge in [-0.25, -0.2) is 0 Å². The number of nitrogens with zero attached hydrogens (tertiary/aromatic N) is 15. The Morgan fingerprint density at radius 3 is 0.653 bits per heavy atom. The smallest absolute Gasteiger partial charge is 0.278 e. The summed E-state index contributed by atoms with van der Waals surface area (Å²) in [6, 6.07) is 24.7. The van der Waals surface area contributed by atoms with Gasteiger partial charge in [-0.1, -0.05) is 89.5 Å². The van der Waals surface area contributed by atoms with E-state index in [1.807, 2.05) is 0 Å². The lowest BCUT2D eigenvalue weighted by atomic mass is 9.92. The monoisotopic (exact) mass is 1380 g/mol. The van der Waals surface area contributed by atoms with Crippen LogP contribution in [0.2, 0.25) is 0 Å². The molecule has 8 aromatic carbocycles. The van der Waals surface area contributed by atoms with Crippen molar-refractivity contribution in [2.45, 2.75) is 128 Å². The van der Waals surface area contributed by atoms with E-state index in [-0.39, 0.29) is 109 Å². The molecule has 4 N–H and O–H groups in total. The highest BCUT2D eigenvalue weighted by Crippen LogP contribution is 2.43. The average molecular weight is 1380 g/mol. The van der Waals surface area contributed by atoms with E-state index in [1.165, 1.54) is 66.7 Å². The van der Waals surface area contributed by atoms with Gasteiger partial charge in [0.05, 0.1) is 98.2 Å². The molecule has 1 aliphatic rings. The fourth-order valence-corrected chi connectivity index (χ4v) is 11.6. The zero-order chi connectivity index (χ0) is 72.3. The third kappa shape index (κ3) is 20.1. The second-order valence-corrected chi connectivity index (χ2v) is 24.0. The highest BCUT2D eigenvalue weighted by atomic mass is 16.7. The van der Waals surface area contributed by atoms with Crippen molar-refractivity contribution in [3.63, 3.8) is 0 Å². The zero-order valence-electron chi connectivity index (χ0n) is 54.0. The van der Waals surface area contributed by atoms with Crippen LogP contribution in [0.3, 0.4) is 0 Å². The van der Waals surface area contributed by atoms with E-state index in [4.69, 9.17) is 0 Å². The van der Waals surface area contributed by atoms with Crippen molar-refractivity contribution in [1.82, 2.24) is 0 Å². The Morgan fingerprint density at radius 1 is 0.228 bits per heavy atom. The number of azo groups is 4. The molecule has 9 rings (SSSR count). The summed E-state index contributed by atoms with van der Waals surface area (Å²) in [5.41, 5.74) is -3.92. The van der Waals surface area contributed by atoms with Crippen LogP contribution in [0.25, 0.3) is 0 Å². The minimum atomic E-state index is -0.871. The Balaban J connectivity index is 1.22. The van der Waals surface area contributed by atoms with E-state index in [0.29, 0.717) is 36.8 Å². The Bertz CT molecular complexity index is 4560. The largest absolute Gasteiger partial charge is 0.507 e. The number of rotatable bonds is 15. The van der Waals surface area contributed by atoms with Crippen LogP contribution in [0.5, 0.6) is 23.0 Å². The van der Waals surface area contributed by atoms with Crippen LogP contribution in [-0.2, 0) is 32.1 Å². The number of non-ortho nitro benzene ring substituents is 7. The molecule has 0 saturated carbocycles. The van der Waals surface area contributed by atoms with E-state index in [2.05, 4.69) is 40.9 Å². The lowest BCUT2D eigenvalue weighted by molar-refractivity contribution is -0.394. The molecule has 0 spiro atoms. The molecule has 33 heteroatoms. The molecule has 33 nitrogen and oxygen atoms in total. The maximum absolute atomic E-state index is 12.6. The molecule has 0 aliphatic heterocycles. The fourth-order valence-electron chi connectivity index (χ4n) is 11.6. The first-order valence-corrected chi connectivity index (χ1v) is 32.1. The van der Waals surface area contributed by atoms with Crippen LogP contribution in [0.4, 0.5) is 85.3 Å². The molecule has 8 aromatic rings. The van der Waals surface area contributed by atoms with Crippen LogP contribution >= 0.6 is 0 Å². The summed E-state index contributed by atoms with van der Waals surface area (Å²) < 4.78 is 0. The first-order valence-electron chi connectivity index (χ1n) is 32.1. The van der Waals surface area contributed by atoms with Gasteiger partial charge in [-0.2, -0.15) is 40.9 Å².